The average Bonchev–Trinajstić information content (AvgIpc) is 2.59. The number of nitrogens with zero attached hydrogens (tertiary/aromatic N) is 1. The van der Waals surface area contributed by atoms with Crippen LogP contribution in [-0.2, 0) is 4.74 Å². The summed E-state index contributed by atoms with van der Waals surface area (Å²) < 4.78 is 20.3. The van der Waals surface area contributed by atoms with E-state index < -0.39 is 11.7 Å². The molecule has 2 aromatic rings. The average molecular weight is 314 g/mol. The van der Waals surface area contributed by atoms with E-state index in [0.29, 0.717) is 15.4 Å². The van der Waals surface area contributed by atoms with Crippen molar-refractivity contribution in [3.63, 3.8) is 0 Å². The maximum absolute atomic E-state index is 13.4. The summed E-state index contributed by atoms with van der Waals surface area (Å²) in [5.74, 6) is -0.357. The third kappa shape index (κ3) is 2.56. The molecule has 2 rings (SSSR count). The molecule has 0 radical (unpaired) electrons. The van der Waals surface area contributed by atoms with Crippen molar-refractivity contribution in [2.75, 3.05) is 0 Å². The van der Waals surface area contributed by atoms with Crippen LogP contribution in [0.2, 0.25) is 0 Å². The summed E-state index contributed by atoms with van der Waals surface area (Å²) in [7, 11) is 0. The van der Waals surface area contributed by atoms with Gasteiger partial charge in [0.1, 0.15) is 11.4 Å². The molecule has 5 heteroatoms. The molecule has 18 heavy (non-hydrogen) atoms. The standard InChI is InChI=1S/C13H13BrFNO2/c1-13(2,3)18-12(17)16-5-4-8-6-10(15)9(14)7-11(8)16/h4-7H,1-3H3. The Morgan fingerprint density at radius 2 is 2.06 bits per heavy atom. The molecule has 0 bridgehead atoms. The van der Waals surface area contributed by atoms with Crippen LogP contribution in [0.25, 0.3) is 10.9 Å². The van der Waals surface area contributed by atoms with Gasteiger partial charge in [0.05, 0.1) is 9.99 Å². The summed E-state index contributed by atoms with van der Waals surface area (Å²) in [6.07, 6.45) is 1.10. The molecule has 96 valence electrons. The number of hydrogen-bond donors (Lipinski definition) is 0. The van der Waals surface area contributed by atoms with Gasteiger partial charge in [-0.3, -0.25) is 4.57 Å². The Hall–Kier alpha value is -1.36. The zero-order valence-electron chi connectivity index (χ0n) is 10.3. The van der Waals surface area contributed by atoms with Crippen molar-refractivity contribution in [3.05, 3.63) is 34.7 Å². The number of carbonyl (C=O) groups is 1. The van der Waals surface area contributed by atoms with Gasteiger partial charge in [0.25, 0.3) is 0 Å². The normalized spacial score (nSPS) is 11.8. The molecular formula is C13H13BrFNO2. The number of fused-ring (bicyclic) bond motifs is 1. The van der Waals surface area contributed by atoms with Crippen LogP contribution in [-0.4, -0.2) is 16.3 Å². The summed E-state index contributed by atoms with van der Waals surface area (Å²) >= 11 is 3.11. The molecule has 0 aliphatic rings. The number of ether oxygens (including phenoxy) is 1. The van der Waals surface area contributed by atoms with Gasteiger partial charge in [0.15, 0.2) is 0 Å². The SMILES string of the molecule is CC(C)(C)OC(=O)n1ccc2cc(F)c(Br)cc21. The molecule has 0 aliphatic carbocycles. The molecule has 1 heterocycles. The summed E-state index contributed by atoms with van der Waals surface area (Å²) in [6.45, 7) is 5.39. The second-order valence-electron chi connectivity index (χ2n) is 4.99. The second-order valence-corrected chi connectivity index (χ2v) is 5.85. The van der Waals surface area contributed by atoms with Crippen molar-refractivity contribution in [1.29, 1.82) is 0 Å². The Bertz CT molecular complexity index is 613. The Kier molecular flexibility index (Phi) is 3.19. The maximum Gasteiger partial charge on any atom is 0.418 e. The predicted octanol–water partition coefficient (Wildman–Crippen LogP) is 4.33. The Balaban J connectivity index is 2.46. The van der Waals surface area contributed by atoms with Gasteiger partial charge in [0, 0.05) is 11.6 Å². The topological polar surface area (TPSA) is 31.2 Å². The summed E-state index contributed by atoms with van der Waals surface area (Å²) in [4.78, 5) is 12.0. The van der Waals surface area contributed by atoms with Gasteiger partial charge in [-0.05, 0) is 54.9 Å². The minimum absolute atomic E-state index is 0.318. The number of halogens is 2. The van der Waals surface area contributed by atoms with E-state index in [4.69, 9.17) is 4.74 Å². The summed E-state index contributed by atoms with van der Waals surface area (Å²) in [5.41, 5.74) is 0.0443. The third-order valence-corrected chi connectivity index (χ3v) is 2.93. The van der Waals surface area contributed by atoms with Crippen LogP contribution >= 0.6 is 15.9 Å². The molecule has 0 fully saturated rings. The highest BCUT2D eigenvalue weighted by molar-refractivity contribution is 9.10. The number of rotatable bonds is 0. The molecule has 1 aromatic carbocycles. The van der Waals surface area contributed by atoms with Gasteiger partial charge in [-0.2, -0.15) is 0 Å². The van der Waals surface area contributed by atoms with Crippen molar-refractivity contribution in [2.24, 2.45) is 0 Å². The molecule has 0 saturated carbocycles. The maximum atomic E-state index is 13.4. The van der Waals surface area contributed by atoms with Crippen LogP contribution in [0.4, 0.5) is 9.18 Å². The number of hydrogen-bond acceptors (Lipinski definition) is 2. The van der Waals surface area contributed by atoms with E-state index in [-0.39, 0.29) is 5.82 Å². The fraction of sp³-hybridized carbons (Fsp3) is 0.308. The van der Waals surface area contributed by atoms with E-state index in [0.717, 1.165) is 0 Å². The van der Waals surface area contributed by atoms with E-state index in [1.165, 1.54) is 10.6 Å². The number of carbonyl (C=O) groups excluding carboxylic acids is 1. The van der Waals surface area contributed by atoms with Crippen LogP contribution in [0.5, 0.6) is 0 Å². The monoisotopic (exact) mass is 313 g/mol. The molecule has 0 saturated heterocycles. The zero-order chi connectivity index (χ0) is 13.5. The van der Waals surface area contributed by atoms with Gasteiger partial charge in [0.2, 0.25) is 0 Å². The van der Waals surface area contributed by atoms with E-state index in [9.17, 15) is 9.18 Å². The van der Waals surface area contributed by atoms with E-state index in [2.05, 4.69) is 15.9 Å². The summed E-state index contributed by atoms with van der Waals surface area (Å²) in [5, 5.41) is 0.654. The fourth-order valence-electron chi connectivity index (χ4n) is 1.60. The molecule has 0 amide bonds. The smallest absolute Gasteiger partial charge is 0.418 e. The van der Waals surface area contributed by atoms with Crippen LogP contribution in [0, 0.1) is 5.82 Å². The van der Waals surface area contributed by atoms with Crippen LogP contribution < -0.4 is 0 Å². The van der Waals surface area contributed by atoms with E-state index in [1.807, 2.05) is 0 Å². The molecular weight excluding hydrogens is 301 g/mol. The van der Waals surface area contributed by atoms with Gasteiger partial charge in [-0.15, -0.1) is 0 Å². The first kappa shape index (κ1) is 13.1. The van der Waals surface area contributed by atoms with Gasteiger partial charge in [-0.1, -0.05) is 0 Å². The lowest BCUT2D eigenvalue weighted by atomic mass is 10.2. The number of aromatic nitrogens is 1. The molecule has 1 aromatic heterocycles. The molecule has 3 nitrogen and oxygen atoms in total. The number of benzene rings is 1. The fourth-order valence-corrected chi connectivity index (χ4v) is 1.93. The van der Waals surface area contributed by atoms with E-state index >= 15 is 0 Å². The van der Waals surface area contributed by atoms with Crippen LogP contribution in [0.3, 0.4) is 0 Å². The molecule has 0 unspecified atom stereocenters. The predicted molar refractivity (Wildman–Crippen MR) is 71.2 cm³/mol. The first-order chi connectivity index (χ1) is 8.28. The zero-order valence-corrected chi connectivity index (χ0v) is 11.9. The van der Waals surface area contributed by atoms with Gasteiger partial charge in [-0.25, -0.2) is 9.18 Å². The third-order valence-electron chi connectivity index (χ3n) is 2.32. The minimum Gasteiger partial charge on any atom is -0.443 e. The molecule has 0 spiro atoms. The lowest BCUT2D eigenvalue weighted by Gasteiger charge is -2.19. The highest BCUT2D eigenvalue weighted by atomic mass is 79.9. The van der Waals surface area contributed by atoms with Crippen molar-refractivity contribution in [1.82, 2.24) is 4.57 Å². The van der Waals surface area contributed by atoms with Gasteiger partial charge >= 0.3 is 6.09 Å². The quantitative estimate of drug-likeness (QED) is 0.725. The van der Waals surface area contributed by atoms with Crippen LogP contribution in [0.15, 0.2) is 28.9 Å². The van der Waals surface area contributed by atoms with E-state index in [1.54, 1.807) is 39.1 Å². The first-order valence-electron chi connectivity index (χ1n) is 5.47. The first-order valence-corrected chi connectivity index (χ1v) is 6.27. The van der Waals surface area contributed by atoms with Crippen molar-refractivity contribution in [3.8, 4) is 0 Å². The van der Waals surface area contributed by atoms with Crippen LogP contribution in [0.1, 0.15) is 20.8 Å². The Labute approximate surface area is 113 Å². The Morgan fingerprint density at radius 3 is 2.67 bits per heavy atom. The van der Waals surface area contributed by atoms with Gasteiger partial charge < -0.3 is 4.74 Å². The van der Waals surface area contributed by atoms with Crippen molar-refractivity contribution >= 4 is 32.9 Å². The highest BCUT2D eigenvalue weighted by Gasteiger charge is 2.19. The van der Waals surface area contributed by atoms with Crippen molar-refractivity contribution < 1.29 is 13.9 Å². The molecule has 0 atom stereocenters. The lowest BCUT2D eigenvalue weighted by Crippen LogP contribution is -2.26. The largest absolute Gasteiger partial charge is 0.443 e. The molecule has 0 N–H and O–H groups in total. The second kappa shape index (κ2) is 4.39. The highest BCUT2D eigenvalue weighted by Crippen LogP contribution is 2.25. The van der Waals surface area contributed by atoms with Crippen molar-refractivity contribution in [2.45, 2.75) is 26.4 Å². The molecule has 0 aliphatic heterocycles. The Morgan fingerprint density at radius 1 is 1.39 bits per heavy atom. The lowest BCUT2D eigenvalue weighted by molar-refractivity contribution is 0.0544. The minimum atomic E-state index is -0.565. The summed E-state index contributed by atoms with van der Waals surface area (Å²) in [6, 6.07) is 4.61.